The number of ether oxygens (including phenoxy) is 1. The molecular weight excluding hydrogens is 342 g/mol. The van der Waals surface area contributed by atoms with Gasteiger partial charge in [0.25, 0.3) is 11.5 Å². The number of carbonyl (C=O) groups excluding carboxylic acids is 1. The van der Waals surface area contributed by atoms with Crippen molar-refractivity contribution in [2.24, 2.45) is 0 Å². The lowest BCUT2D eigenvalue weighted by atomic mass is 10.1. The van der Waals surface area contributed by atoms with Crippen molar-refractivity contribution in [2.75, 3.05) is 13.2 Å². The Morgan fingerprint density at radius 3 is 2.84 bits per heavy atom. The second-order valence-electron chi connectivity index (χ2n) is 5.25. The summed E-state index contributed by atoms with van der Waals surface area (Å²) >= 11 is 6.09. The summed E-state index contributed by atoms with van der Waals surface area (Å²) in [6.45, 7) is 3.46. The molecule has 0 fully saturated rings. The quantitative estimate of drug-likeness (QED) is 0.769. The van der Waals surface area contributed by atoms with Crippen LogP contribution in [0, 0.1) is 11.3 Å². The van der Waals surface area contributed by atoms with Gasteiger partial charge in [-0.2, -0.15) is 5.26 Å². The normalized spacial score (nSPS) is 10.3. The largest absolute Gasteiger partial charge is 0.380 e. The van der Waals surface area contributed by atoms with Crippen LogP contribution < -0.4 is 10.9 Å². The summed E-state index contributed by atoms with van der Waals surface area (Å²) in [5.74, 6) is -0.314. The van der Waals surface area contributed by atoms with Crippen LogP contribution in [0.1, 0.15) is 28.4 Å². The number of halogens is 1. The first-order valence-electron chi connectivity index (χ1n) is 7.80. The van der Waals surface area contributed by atoms with Crippen LogP contribution in [0.25, 0.3) is 0 Å². The Morgan fingerprint density at radius 1 is 1.36 bits per heavy atom. The van der Waals surface area contributed by atoms with Gasteiger partial charge in [-0.15, -0.1) is 0 Å². The zero-order valence-corrected chi connectivity index (χ0v) is 14.5. The monoisotopic (exact) mass is 359 g/mol. The molecular formula is C18H18ClN3O3. The van der Waals surface area contributed by atoms with Gasteiger partial charge in [0, 0.05) is 37.0 Å². The molecule has 0 aliphatic heterocycles. The minimum atomic E-state index is -0.314. The fourth-order valence-electron chi connectivity index (χ4n) is 2.19. The number of amides is 1. The van der Waals surface area contributed by atoms with Crippen molar-refractivity contribution in [1.82, 2.24) is 9.88 Å². The Hall–Kier alpha value is -2.62. The third kappa shape index (κ3) is 5.18. The highest BCUT2D eigenvalue weighted by atomic mass is 35.5. The topological polar surface area (TPSA) is 84.1 Å². The summed E-state index contributed by atoms with van der Waals surface area (Å²) in [5.41, 5.74) is 1.35. The Balaban J connectivity index is 2.04. The van der Waals surface area contributed by atoms with E-state index < -0.39 is 0 Å². The molecule has 0 bridgehead atoms. The molecule has 0 saturated heterocycles. The van der Waals surface area contributed by atoms with Crippen LogP contribution >= 0.6 is 11.6 Å². The Bertz CT molecular complexity index is 855. The van der Waals surface area contributed by atoms with Gasteiger partial charge < -0.3 is 14.6 Å². The fourth-order valence-corrected chi connectivity index (χ4v) is 2.43. The highest BCUT2D eigenvalue weighted by Crippen LogP contribution is 2.17. The summed E-state index contributed by atoms with van der Waals surface area (Å²) in [6.07, 6.45) is 1.51. The summed E-state index contributed by atoms with van der Waals surface area (Å²) < 4.78 is 6.68. The minimum absolute atomic E-state index is 0.189. The molecule has 2 rings (SSSR count). The number of carbonyl (C=O) groups is 1. The first-order valence-corrected chi connectivity index (χ1v) is 8.18. The van der Waals surface area contributed by atoms with Crippen LogP contribution in [0.4, 0.5) is 0 Å². The first kappa shape index (κ1) is 18.7. The standard InChI is InChI=1S/C18H18ClN3O3/c1-2-25-8-7-22-12-15(5-6-17(22)23)18(24)21-11-14-4-3-13(10-20)9-16(14)19/h3-6,9,12H,2,7-8,11H2,1H3,(H,21,24). The molecule has 1 aromatic heterocycles. The van der Waals surface area contributed by atoms with Gasteiger partial charge >= 0.3 is 0 Å². The first-order chi connectivity index (χ1) is 12.0. The molecule has 25 heavy (non-hydrogen) atoms. The van der Waals surface area contributed by atoms with E-state index in [0.717, 1.165) is 0 Å². The van der Waals surface area contributed by atoms with E-state index in [1.54, 1.807) is 18.2 Å². The van der Waals surface area contributed by atoms with E-state index in [9.17, 15) is 9.59 Å². The molecule has 0 atom stereocenters. The molecule has 0 saturated carbocycles. The SMILES string of the molecule is CCOCCn1cc(C(=O)NCc2ccc(C#N)cc2Cl)ccc1=O. The predicted octanol–water partition coefficient (Wildman–Crippen LogP) is 2.34. The van der Waals surface area contributed by atoms with Crippen molar-refractivity contribution in [3.05, 3.63) is 68.6 Å². The van der Waals surface area contributed by atoms with Crippen molar-refractivity contribution in [3.63, 3.8) is 0 Å². The van der Waals surface area contributed by atoms with Crippen LogP contribution in [0.2, 0.25) is 5.02 Å². The number of nitriles is 1. The maximum Gasteiger partial charge on any atom is 0.253 e. The molecule has 7 heteroatoms. The van der Waals surface area contributed by atoms with Gasteiger partial charge in [-0.3, -0.25) is 9.59 Å². The van der Waals surface area contributed by atoms with Gasteiger partial charge in [0.2, 0.25) is 0 Å². The van der Waals surface area contributed by atoms with Gasteiger partial charge in [0.05, 0.1) is 23.8 Å². The number of pyridine rings is 1. The molecule has 1 aromatic carbocycles. The highest BCUT2D eigenvalue weighted by Gasteiger charge is 2.09. The second kappa shape index (κ2) is 9.02. The summed E-state index contributed by atoms with van der Waals surface area (Å²) in [5, 5.41) is 12.0. The maximum absolute atomic E-state index is 12.3. The molecule has 0 aliphatic rings. The van der Waals surface area contributed by atoms with E-state index in [2.05, 4.69) is 5.32 Å². The predicted molar refractivity (Wildman–Crippen MR) is 94.5 cm³/mol. The maximum atomic E-state index is 12.3. The van der Waals surface area contributed by atoms with Crippen LogP contribution in [-0.2, 0) is 17.8 Å². The molecule has 0 spiro atoms. The molecule has 1 N–H and O–H groups in total. The molecule has 6 nitrogen and oxygen atoms in total. The van der Waals surface area contributed by atoms with Gasteiger partial charge in [0.15, 0.2) is 0 Å². The third-order valence-electron chi connectivity index (χ3n) is 3.55. The Kier molecular flexibility index (Phi) is 6.75. The van der Waals surface area contributed by atoms with E-state index in [-0.39, 0.29) is 18.0 Å². The van der Waals surface area contributed by atoms with E-state index in [0.29, 0.717) is 41.5 Å². The summed E-state index contributed by atoms with van der Waals surface area (Å²) in [7, 11) is 0. The number of hydrogen-bond donors (Lipinski definition) is 1. The average Bonchev–Trinajstić information content (AvgIpc) is 2.62. The van der Waals surface area contributed by atoms with Gasteiger partial charge in [-0.1, -0.05) is 17.7 Å². The molecule has 130 valence electrons. The van der Waals surface area contributed by atoms with Crippen LogP contribution in [0.15, 0.2) is 41.3 Å². The van der Waals surface area contributed by atoms with Crippen molar-refractivity contribution >= 4 is 17.5 Å². The van der Waals surface area contributed by atoms with Crippen molar-refractivity contribution in [1.29, 1.82) is 5.26 Å². The van der Waals surface area contributed by atoms with Crippen molar-refractivity contribution in [3.8, 4) is 6.07 Å². The van der Waals surface area contributed by atoms with Gasteiger partial charge in [-0.25, -0.2) is 0 Å². The molecule has 0 radical (unpaired) electrons. The van der Waals surface area contributed by atoms with E-state index in [4.69, 9.17) is 21.6 Å². The lowest BCUT2D eigenvalue weighted by molar-refractivity contribution is 0.0949. The summed E-state index contributed by atoms with van der Waals surface area (Å²) in [4.78, 5) is 24.1. The number of nitrogens with one attached hydrogen (secondary N) is 1. The number of nitrogens with zero attached hydrogens (tertiary/aromatic N) is 2. The second-order valence-corrected chi connectivity index (χ2v) is 5.65. The lowest BCUT2D eigenvalue weighted by Crippen LogP contribution is -2.27. The van der Waals surface area contributed by atoms with Gasteiger partial charge in [0.1, 0.15) is 0 Å². The van der Waals surface area contributed by atoms with Crippen LogP contribution in [-0.4, -0.2) is 23.7 Å². The zero-order chi connectivity index (χ0) is 18.2. The fraction of sp³-hybridized carbons (Fsp3) is 0.278. The molecule has 0 aliphatic carbocycles. The summed E-state index contributed by atoms with van der Waals surface area (Å²) in [6, 6.07) is 9.73. The van der Waals surface area contributed by atoms with Crippen molar-refractivity contribution < 1.29 is 9.53 Å². The average molecular weight is 360 g/mol. The lowest BCUT2D eigenvalue weighted by Gasteiger charge is -2.10. The minimum Gasteiger partial charge on any atom is -0.380 e. The Morgan fingerprint density at radius 2 is 2.16 bits per heavy atom. The van der Waals surface area contributed by atoms with E-state index in [1.807, 2.05) is 13.0 Å². The number of hydrogen-bond acceptors (Lipinski definition) is 4. The molecule has 1 amide bonds. The van der Waals surface area contributed by atoms with E-state index in [1.165, 1.54) is 22.9 Å². The van der Waals surface area contributed by atoms with Crippen LogP contribution in [0.5, 0.6) is 0 Å². The highest BCUT2D eigenvalue weighted by molar-refractivity contribution is 6.31. The molecule has 1 heterocycles. The molecule has 2 aromatic rings. The number of rotatable bonds is 7. The molecule has 0 unspecified atom stereocenters. The van der Waals surface area contributed by atoms with Gasteiger partial charge in [-0.05, 0) is 30.7 Å². The van der Waals surface area contributed by atoms with Crippen molar-refractivity contribution in [2.45, 2.75) is 20.0 Å². The Labute approximate surface area is 150 Å². The third-order valence-corrected chi connectivity index (χ3v) is 3.90. The smallest absolute Gasteiger partial charge is 0.253 e. The number of benzene rings is 1. The number of aromatic nitrogens is 1. The zero-order valence-electron chi connectivity index (χ0n) is 13.8. The van der Waals surface area contributed by atoms with E-state index >= 15 is 0 Å². The van der Waals surface area contributed by atoms with Crippen LogP contribution in [0.3, 0.4) is 0 Å².